The molecule has 0 bridgehead atoms. The van der Waals surface area contributed by atoms with Crippen LogP contribution in [0.1, 0.15) is 226 Å². The van der Waals surface area contributed by atoms with Crippen molar-refractivity contribution >= 4 is 17.9 Å². The maximum absolute atomic E-state index is 12.8. The first-order valence-corrected chi connectivity index (χ1v) is 25.1. The van der Waals surface area contributed by atoms with Crippen molar-refractivity contribution in [3.8, 4) is 0 Å². The normalized spacial score (nSPS) is 12.8. The van der Waals surface area contributed by atoms with Crippen LogP contribution in [-0.2, 0) is 28.6 Å². The van der Waals surface area contributed by atoms with E-state index in [1.54, 1.807) is 0 Å². The summed E-state index contributed by atoms with van der Waals surface area (Å²) < 4.78 is 16.7. The molecule has 348 valence electrons. The smallest absolute Gasteiger partial charge is 0.306 e. The first-order valence-electron chi connectivity index (χ1n) is 25.1. The predicted molar refractivity (Wildman–Crippen MR) is 261 cm³/mol. The van der Waals surface area contributed by atoms with Crippen molar-refractivity contribution in [3.63, 3.8) is 0 Å². The van der Waals surface area contributed by atoms with Crippen LogP contribution in [-0.4, -0.2) is 37.2 Å². The summed E-state index contributed by atoms with van der Waals surface area (Å²) >= 11 is 0. The van der Waals surface area contributed by atoms with Crippen molar-refractivity contribution in [1.29, 1.82) is 0 Å². The lowest BCUT2D eigenvalue weighted by atomic mass is 10.1. The highest BCUT2D eigenvalue weighted by Gasteiger charge is 2.19. The average molecular weight is 849 g/mol. The molecule has 0 aliphatic heterocycles. The molecule has 0 heterocycles. The van der Waals surface area contributed by atoms with Crippen molar-refractivity contribution in [2.75, 3.05) is 13.2 Å². The second-order valence-corrected chi connectivity index (χ2v) is 16.3. The van der Waals surface area contributed by atoms with Crippen LogP contribution in [0, 0.1) is 0 Å². The zero-order chi connectivity index (χ0) is 44.4. The maximum Gasteiger partial charge on any atom is 0.306 e. The lowest BCUT2D eigenvalue weighted by Gasteiger charge is -2.18. The van der Waals surface area contributed by atoms with Gasteiger partial charge < -0.3 is 14.2 Å². The summed E-state index contributed by atoms with van der Waals surface area (Å²) in [5.41, 5.74) is 0. The molecule has 0 aromatic rings. The van der Waals surface area contributed by atoms with Gasteiger partial charge in [0.1, 0.15) is 13.2 Å². The van der Waals surface area contributed by atoms with E-state index in [0.717, 1.165) is 89.9 Å². The molecule has 0 spiro atoms. The number of unbranched alkanes of at least 4 members (excludes halogenated alkanes) is 19. The van der Waals surface area contributed by atoms with Gasteiger partial charge in [-0.2, -0.15) is 0 Å². The fourth-order valence-corrected chi connectivity index (χ4v) is 6.64. The van der Waals surface area contributed by atoms with Crippen LogP contribution in [0.3, 0.4) is 0 Å². The van der Waals surface area contributed by atoms with Gasteiger partial charge in [0.05, 0.1) is 0 Å². The van der Waals surface area contributed by atoms with E-state index in [1.807, 2.05) is 12.2 Å². The highest BCUT2D eigenvalue weighted by molar-refractivity contribution is 5.71. The highest BCUT2D eigenvalue weighted by atomic mass is 16.6. The molecular formula is C55H92O6. The molecule has 61 heavy (non-hydrogen) atoms. The Morgan fingerprint density at radius 3 is 1.10 bits per heavy atom. The minimum atomic E-state index is -0.808. The largest absolute Gasteiger partial charge is 0.462 e. The van der Waals surface area contributed by atoms with Crippen LogP contribution in [0.2, 0.25) is 0 Å². The van der Waals surface area contributed by atoms with E-state index in [1.165, 1.54) is 89.9 Å². The Morgan fingerprint density at radius 1 is 0.344 bits per heavy atom. The van der Waals surface area contributed by atoms with Gasteiger partial charge in [0, 0.05) is 19.3 Å². The third-order valence-corrected chi connectivity index (χ3v) is 10.4. The molecular weight excluding hydrogens is 757 g/mol. The molecule has 0 aliphatic rings. The second-order valence-electron chi connectivity index (χ2n) is 16.3. The van der Waals surface area contributed by atoms with E-state index >= 15 is 0 Å². The summed E-state index contributed by atoms with van der Waals surface area (Å²) in [6, 6.07) is 0. The molecule has 0 aromatic carbocycles. The average Bonchev–Trinajstić information content (AvgIpc) is 3.26. The molecule has 0 fully saturated rings. The van der Waals surface area contributed by atoms with Gasteiger partial charge in [0.15, 0.2) is 6.10 Å². The molecule has 0 rings (SSSR count). The topological polar surface area (TPSA) is 78.9 Å². The van der Waals surface area contributed by atoms with E-state index in [2.05, 4.69) is 93.7 Å². The Hall–Kier alpha value is -3.41. The number of hydrogen-bond donors (Lipinski definition) is 0. The van der Waals surface area contributed by atoms with Crippen LogP contribution >= 0.6 is 0 Å². The van der Waals surface area contributed by atoms with Crippen LogP contribution in [0.4, 0.5) is 0 Å². The number of carbonyl (C=O) groups excluding carboxylic acids is 3. The van der Waals surface area contributed by atoms with Crippen LogP contribution in [0.5, 0.6) is 0 Å². The summed E-state index contributed by atoms with van der Waals surface area (Å²) in [7, 11) is 0. The number of carbonyl (C=O) groups is 3. The van der Waals surface area contributed by atoms with Gasteiger partial charge in [0.2, 0.25) is 0 Å². The molecule has 1 unspecified atom stereocenters. The van der Waals surface area contributed by atoms with E-state index < -0.39 is 6.10 Å². The lowest BCUT2D eigenvalue weighted by molar-refractivity contribution is -0.166. The van der Waals surface area contributed by atoms with Crippen molar-refractivity contribution in [1.82, 2.24) is 0 Å². The van der Waals surface area contributed by atoms with Crippen molar-refractivity contribution < 1.29 is 28.6 Å². The van der Waals surface area contributed by atoms with Gasteiger partial charge in [-0.25, -0.2) is 0 Å². The fraction of sp³-hybridized carbons (Fsp3) is 0.691. The Balaban J connectivity index is 4.44. The molecule has 0 saturated carbocycles. The quantitative estimate of drug-likeness (QED) is 0.0263. The Labute approximate surface area is 375 Å². The number of hydrogen-bond acceptors (Lipinski definition) is 6. The maximum atomic E-state index is 12.8. The van der Waals surface area contributed by atoms with Gasteiger partial charge in [-0.05, 0) is 83.5 Å². The number of rotatable bonds is 44. The summed E-state index contributed by atoms with van der Waals surface area (Å²) in [4.78, 5) is 37.8. The molecule has 6 nitrogen and oxygen atoms in total. The number of ether oxygens (including phenoxy) is 3. The molecule has 0 aromatic heterocycles. The summed E-state index contributed by atoms with van der Waals surface area (Å²) in [6.45, 7) is 6.41. The predicted octanol–water partition coefficient (Wildman–Crippen LogP) is 16.4. The zero-order valence-corrected chi connectivity index (χ0v) is 39.7. The monoisotopic (exact) mass is 849 g/mol. The standard InChI is InChI=1S/C55H92O6/c1-4-7-10-13-16-19-21-23-25-27-28-29-31-32-34-36-39-42-45-48-54(57)60-51-52(50-59-53(56)47-44-41-38-18-15-12-9-6-3)61-55(58)49-46-43-40-37-35-33-30-26-24-22-20-17-14-11-8-5-2/h7,10,16,19,23,25-26,28-30,32,34,39,42,52H,4-6,8-9,11-15,17-18,20-22,24,27,31,33,35-38,40-41,43-51H2,1-3H3/b10-7-,19-16-,25-23-,29-28-,30-26-,34-32-,42-39-. The van der Waals surface area contributed by atoms with E-state index in [0.29, 0.717) is 19.3 Å². The third kappa shape index (κ3) is 47.5. The zero-order valence-electron chi connectivity index (χ0n) is 39.7. The fourth-order valence-electron chi connectivity index (χ4n) is 6.64. The Kier molecular flexibility index (Phi) is 46.5. The molecule has 0 saturated heterocycles. The van der Waals surface area contributed by atoms with Crippen molar-refractivity contribution in [3.05, 3.63) is 85.1 Å². The minimum Gasteiger partial charge on any atom is -0.462 e. The first kappa shape index (κ1) is 57.6. The van der Waals surface area contributed by atoms with Gasteiger partial charge >= 0.3 is 17.9 Å². The Bertz CT molecular complexity index is 1200. The summed E-state index contributed by atoms with van der Waals surface area (Å²) in [5, 5.41) is 0. The summed E-state index contributed by atoms with van der Waals surface area (Å²) in [5.74, 6) is -1.01. The van der Waals surface area contributed by atoms with Crippen LogP contribution in [0.15, 0.2) is 85.1 Å². The van der Waals surface area contributed by atoms with Gasteiger partial charge in [-0.3, -0.25) is 14.4 Å². The molecule has 1 atom stereocenters. The van der Waals surface area contributed by atoms with Crippen LogP contribution < -0.4 is 0 Å². The first-order chi connectivity index (χ1) is 30.0. The Morgan fingerprint density at radius 2 is 0.672 bits per heavy atom. The highest BCUT2D eigenvalue weighted by Crippen LogP contribution is 2.13. The lowest BCUT2D eigenvalue weighted by Crippen LogP contribution is -2.30. The van der Waals surface area contributed by atoms with Crippen molar-refractivity contribution in [2.24, 2.45) is 0 Å². The van der Waals surface area contributed by atoms with Crippen molar-refractivity contribution in [2.45, 2.75) is 232 Å². The third-order valence-electron chi connectivity index (χ3n) is 10.4. The second kappa shape index (κ2) is 49.2. The molecule has 0 aliphatic carbocycles. The molecule has 0 amide bonds. The molecule has 6 heteroatoms. The van der Waals surface area contributed by atoms with E-state index in [-0.39, 0.29) is 37.5 Å². The SMILES string of the molecule is CC/C=C\C/C=C\C/C=C\C/C=C\C/C=C\C/C=C\CCC(=O)OCC(COC(=O)CCCCCCCCCC)OC(=O)CCCCCCC/C=C\CCCCCCCCC. The molecule has 0 N–H and O–H groups in total. The summed E-state index contributed by atoms with van der Waals surface area (Å²) in [6.07, 6.45) is 63.0. The van der Waals surface area contributed by atoms with E-state index in [9.17, 15) is 14.4 Å². The van der Waals surface area contributed by atoms with E-state index in [4.69, 9.17) is 14.2 Å². The van der Waals surface area contributed by atoms with Crippen LogP contribution in [0.25, 0.3) is 0 Å². The van der Waals surface area contributed by atoms with Gasteiger partial charge in [-0.1, -0.05) is 209 Å². The number of esters is 3. The van der Waals surface area contributed by atoms with Gasteiger partial charge in [0.25, 0.3) is 0 Å². The number of allylic oxidation sites excluding steroid dienone is 14. The minimum absolute atomic E-state index is 0.103. The van der Waals surface area contributed by atoms with Gasteiger partial charge in [-0.15, -0.1) is 0 Å². The molecule has 0 radical (unpaired) electrons.